The lowest BCUT2D eigenvalue weighted by atomic mass is 9.88. The quantitative estimate of drug-likeness (QED) is 0.889. The molecule has 2 fully saturated rings. The van der Waals surface area contributed by atoms with Gasteiger partial charge in [0.25, 0.3) is 0 Å². The van der Waals surface area contributed by atoms with Crippen LogP contribution in [0.2, 0.25) is 5.02 Å². The Labute approximate surface area is 143 Å². The Kier molecular flexibility index (Phi) is 5.57. The Morgan fingerprint density at radius 2 is 2.13 bits per heavy atom. The van der Waals surface area contributed by atoms with Gasteiger partial charge in [-0.2, -0.15) is 0 Å². The van der Waals surface area contributed by atoms with Gasteiger partial charge in [-0.3, -0.25) is 9.69 Å². The van der Waals surface area contributed by atoms with E-state index in [9.17, 15) is 4.79 Å². The van der Waals surface area contributed by atoms with E-state index in [1.165, 1.54) is 32.2 Å². The van der Waals surface area contributed by atoms with Crippen LogP contribution in [0.1, 0.15) is 31.2 Å². The smallest absolute Gasteiger partial charge is 0.238 e. The molecule has 5 heteroatoms. The van der Waals surface area contributed by atoms with Crippen molar-refractivity contribution in [3.05, 3.63) is 28.8 Å². The van der Waals surface area contributed by atoms with E-state index in [1.54, 1.807) is 0 Å². The SMILES string of the molecule is Cc1cc(Cl)ccc1NC(=O)CN1CCC(C2CCCN2)CC1. The van der Waals surface area contributed by atoms with Crippen LogP contribution in [0.3, 0.4) is 0 Å². The van der Waals surface area contributed by atoms with E-state index in [1.807, 2.05) is 25.1 Å². The summed E-state index contributed by atoms with van der Waals surface area (Å²) in [5.41, 5.74) is 1.85. The fraction of sp³-hybridized carbons (Fsp3) is 0.611. The van der Waals surface area contributed by atoms with E-state index in [0.29, 0.717) is 17.6 Å². The van der Waals surface area contributed by atoms with Crippen LogP contribution in [0, 0.1) is 12.8 Å². The summed E-state index contributed by atoms with van der Waals surface area (Å²) in [6.07, 6.45) is 5.03. The number of hydrogen-bond acceptors (Lipinski definition) is 3. The fourth-order valence-electron chi connectivity index (χ4n) is 3.79. The molecule has 0 aliphatic carbocycles. The van der Waals surface area contributed by atoms with Crippen molar-refractivity contribution < 1.29 is 4.79 Å². The zero-order valence-electron chi connectivity index (χ0n) is 13.8. The van der Waals surface area contributed by atoms with Crippen LogP contribution < -0.4 is 10.6 Å². The topological polar surface area (TPSA) is 44.4 Å². The zero-order valence-corrected chi connectivity index (χ0v) is 14.5. The summed E-state index contributed by atoms with van der Waals surface area (Å²) < 4.78 is 0. The third-order valence-electron chi connectivity index (χ3n) is 5.13. The van der Waals surface area contributed by atoms with Crippen LogP contribution in [-0.2, 0) is 4.79 Å². The highest BCUT2D eigenvalue weighted by molar-refractivity contribution is 6.30. The monoisotopic (exact) mass is 335 g/mol. The predicted molar refractivity (Wildman–Crippen MR) is 95.0 cm³/mol. The van der Waals surface area contributed by atoms with Gasteiger partial charge in [0.2, 0.25) is 5.91 Å². The lowest BCUT2D eigenvalue weighted by Gasteiger charge is -2.34. The molecular formula is C18H26ClN3O. The number of likely N-dealkylation sites (tertiary alicyclic amines) is 1. The third-order valence-corrected chi connectivity index (χ3v) is 5.36. The average molecular weight is 336 g/mol. The molecule has 2 saturated heterocycles. The first kappa shape index (κ1) is 16.7. The second-order valence-electron chi connectivity index (χ2n) is 6.82. The van der Waals surface area contributed by atoms with Gasteiger partial charge in [-0.05, 0) is 81.9 Å². The Bertz CT molecular complexity index is 549. The summed E-state index contributed by atoms with van der Waals surface area (Å²) >= 11 is 5.95. The molecule has 0 saturated carbocycles. The lowest BCUT2D eigenvalue weighted by Crippen LogP contribution is -2.43. The molecule has 2 aliphatic heterocycles. The molecule has 0 spiro atoms. The van der Waals surface area contributed by atoms with Crippen molar-refractivity contribution in [3.63, 3.8) is 0 Å². The maximum Gasteiger partial charge on any atom is 0.238 e. The van der Waals surface area contributed by atoms with Crippen LogP contribution in [-0.4, -0.2) is 43.0 Å². The number of nitrogens with zero attached hydrogens (tertiary/aromatic N) is 1. The molecule has 126 valence electrons. The van der Waals surface area contributed by atoms with E-state index in [2.05, 4.69) is 15.5 Å². The van der Waals surface area contributed by atoms with Crippen molar-refractivity contribution in [1.82, 2.24) is 10.2 Å². The van der Waals surface area contributed by atoms with Gasteiger partial charge in [-0.15, -0.1) is 0 Å². The number of aryl methyl sites for hydroxylation is 1. The van der Waals surface area contributed by atoms with Gasteiger partial charge in [0.1, 0.15) is 0 Å². The number of anilines is 1. The minimum Gasteiger partial charge on any atom is -0.325 e. The number of piperidine rings is 1. The highest BCUT2D eigenvalue weighted by atomic mass is 35.5. The maximum atomic E-state index is 12.3. The number of carbonyl (C=O) groups is 1. The van der Waals surface area contributed by atoms with Crippen molar-refractivity contribution >= 4 is 23.2 Å². The summed E-state index contributed by atoms with van der Waals surface area (Å²) in [7, 11) is 0. The van der Waals surface area contributed by atoms with E-state index < -0.39 is 0 Å². The summed E-state index contributed by atoms with van der Waals surface area (Å²) in [5.74, 6) is 0.850. The summed E-state index contributed by atoms with van der Waals surface area (Å²) in [6.45, 7) is 5.66. The minimum absolute atomic E-state index is 0.0628. The van der Waals surface area contributed by atoms with Crippen molar-refractivity contribution in [2.45, 2.75) is 38.6 Å². The Hall–Kier alpha value is -1.10. The Balaban J connectivity index is 1.45. The van der Waals surface area contributed by atoms with Gasteiger partial charge in [-0.1, -0.05) is 11.6 Å². The number of hydrogen-bond donors (Lipinski definition) is 2. The standard InChI is InChI=1S/C18H26ClN3O/c1-13-11-15(19)4-5-16(13)21-18(23)12-22-9-6-14(7-10-22)17-3-2-8-20-17/h4-5,11,14,17,20H,2-3,6-10,12H2,1H3,(H,21,23). The van der Waals surface area contributed by atoms with Gasteiger partial charge in [-0.25, -0.2) is 0 Å². The van der Waals surface area contributed by atoms with Gasteiger partial charge < -0.3 is 10.6 Å². The van der Waals surface area contributed by atoms with Gasteiger partial charge in [0.15, 0.2) is 0 Å². The molecule has 1 aromatic rings. The summed E-state index contributed by atoms with van der Waals surface area (Å²) in [5, 5.41) is 7.31. The Morgan fingerprint density at radius 1 is 1.35 bits per heavy atom. The van der Waals surface area contributed by atoms with E-state index >= 15 is 0 Å². The second kappa shape index (κ2) is 7.65. The fourth-order valence-corrected chi connectivity index (χ4v) is 4.01. The van der Waals surface area contributed by atoms with E-state index in [4.69, 9.17) is 11.6 Å². The molecule has 0 radical (unpaired) electrons. The largest absolute Gasteiger partial charge is 0.325 e. The molecule has 0 bridgehead atoms. The third kappa shape index (κ3) is 4.46. The van der Waals surface area contributed by atoms with Crippen LogP contribution in [0.4, 0.5) is 5.69 Å². The molecule has 0 aromatic heterocycles. The number of halogens is 1. The number of benzene rings is 1. The molecule has 1 atom stereocenters. The van der Waals surface area contributed by atoms with Crippen LogP contribution in [0.15, 0.2) is 18.2 Å². The van der Waals surface area contributed by atoms with Gasteiger partial charge >= 0.3 is 0 Å². The molecule has 2 aliphatic rings. The Morgan fingerprint density at radius 3 is 2.78 bits per heavy atom. The summed E-state index contributed by atoms with van der Waals surface area (Å²) in [4.78, 5) is 14.5. The van der Waals surface area contributed by atoms with Crippen molar-refractivity contribution in [1.29, 1.82) is 0 Å². The number of carbonyl (C=O) groups excluding carboxylic acids is 1. The highest BCUT2D eigenvalue weighted by Gasteiger charge is 2.28. The second-order valence-corrected chi connectivity index (χ2v) is 7.26. The van der Waals surface area contributed by atoms with E-state index in [-0.39, 0.29) is 5.91 Å². The molecule has 3 rings (SSSR count). The highest BCUT2D eigenvalue weighted by Crippen LogP contribution is 2.25. The zero-order chi connectivity index (χ0) is 16.2. The number of rotatable bonds is 4. The van der Waals surface area contributed by atoms with Crippen LogP contribution in [0.5, 0.6) is 0 Å². The minimum atomic E-state index is 0.0628. The van der Waals surface area contributed by atoms with Crippen LogP contribution in [0.25, 0.3) is 0 Å². The first-order valence-electron chi connectivity index (χ1n) is 8.63. The van der Waals surface area contributed by atoms with Gasteiger partial charge in [0.05, 0.1) is 6.54 Å². The number of nitrogens with one attached hydrogen (secondary N) is 2. The number of amides is 1. The van der Waals surface area contributed by atoms with Crippen molar-refractivity contribution in [2.75, 3.05) is 31.5 Å². The van der Waals surface area contributed by atoms with Crippen LogP contribution >= 0.6 is 11.6 Å². The first-order chi connectivity index (χ1) is 11.1. The normalized spacial score (nSPS) is 23.1. The lowest BCUT2D eigenvalue weighted by molar-refractivity contribution is -0.117. The van der Waals surface area contributed by atoms with Gasteiger partial charge in [0, 0.05) is 16.8 Å². The molecule has 23 heavy (non-hydrogen) atoms. The molecular weight excluding hydrogens is 310 g/mol. The van der Waals surface area contributed by atoms with Crippen molar-refractivity contribution in [3.8, 4) is 0 Å². The molecule has 1 aromatic carbocycles. The summed E-state index contributed by atoms with van der Waals surface area (Å²) in [6, 6.07) is 6.26. The average Bonchev–Trinajstić information content (AvgIpc) is 3.05. The van der Waals surface area contributed by atoms with E-state index in [0.717, 1.165) is 30.3 Å². The molecule has 1 amide bonds. The molecule has 1 unspecified atom stereocenters. The maximum absolute atomic E-state index is 12.3. The molecule has 4 nitrogen and oxygen atoms in total. The molecule has 2 heterocycles. The molecule has 2 N–H and O–H groups in total. The first-order valence-corrected chi connectivity index (χ1v) is 9.01. The van der Waals surface area contributed by atoms with Crippen molar-refractivity contribution in [2.24, 2.45) is 5.92 Å². The predicted octanol–water partition coefficient (Wildman–Crippen LogP) is 3.05.